The number of halogens is 2. The Balaban J connectivity index is 2.21. The summed E-state index contributed by atoms with van der Waals surface area (Å²) in [5, 5.41) is 6.11. The van der Waals surface area contributed by atoms with Crippen LogP contribution in [0, 0.1) is 5.82 Å². The molecular weight excluding hydrogens is 421 g/mol. The van der Waals surface area contributed by atoms with Gasteiger partial charge >= 0.3 is 5.97 Å². The number of alkyl halides is 1. The molecule has 1 aliphatic heterocycles. The van der Waals surface area contributed by atoms with Crippen LogP contribution in [0.4, 0.5) is 4.39 Å². The molecule has 0 saturated carbocycles. The summed E-state index contributed by atoms with van der Waals surface area (Å²) in [6.07, 6.45) is 2.18. The number of ether oxygens (including phenoxy) is 1. The SMILES string of the molecule is CCc1c(F)cccc1C1N=C(c2nccs2)NC(CBr)=C1C(=O)OC. The number of aromatic nitrogens is 1. The van der Waals surface area contributed by atoms with E-state index in [1.807, 2.05) is 12.3 Å². The first kappa shape index (κ1) is 18.7. The first-order valence-electron chi connectivity index (χ1n) is 8.00. The predicted molar refractivity (Wildman–Crippen MR) is 103 cm³/mol. The van der Waals surface area contributed by atoms with E-state index in [2.05, 4.69) is 26.2 Å². The molecular formula is C18H17BrFN3O2S. The molecule has 136 valence electrons. The molecule has 1 aromatic heterocycles. The van der Waals surface area contributed by atoms with Gasteiger partial charge in [-0.3, -0.25) is 4.99 Å². The molecule has 1 atom stereocenters. The van der Waals surface area contributed by atoms with Crippen molar-refractivity contribution >= 4 is 39.1 Å². The molecule has 26 heavy (non-hydrogen) atoms. The number of nitrogens with zero attached hydrogens (tertiary/aromatic N) is 2. The molecule has 0 amide bonds. The quantitative estimate of drug-likeness (QED) is 0.571. The van der Waals surface area contributed by atoms with E-state index in [0.29, 0.717) is 45.0 Å². The summed E-state index contributed by atoms with van der Waals surface area (Å²) in [4.78, 5) is 21.5. The lowest BCUT2D eigenvalue weighted by molar-refractivity contribution is -0.136. The fourth-order valence-electron chi connectivity index (χ4n) is 2.93. The molecule has 1 N–H and O–H groups in total. The number of amidine groups is 1. The van der Waals surface area contributed by atoms with E-state index in [0.717, 1.165) is 0 Å². The normalized spacial score (nSPS) is 16.9. The lowest BCUT2D eigenvalue weighted by Crippen LogP contribution is -2.34. The third-order valence-corrected chi connectivity index (χ3v) is 5.44. The van der Waals surface area contributed by atoms with E-state index >= 15 is 0 Å². The van der Waals surface area contributed by atoms with Gasteiger partial charge in [0, 0.05) is 22.6 Å². The second-order valence-corrected chi connectivity index (χ2v) is 6.98. The maximum absolute atomic E-state index is 14.3. The van der Waals surface area contributed by atoms with Crippen LogP contribution in [0.15, 0.2) is 46.0 Å². The van der Waals surface area contributed by atoms with Gasteiger partial charge in [0.2, 0.25) is 0 Å². The summed E-state index contributed by atoms with van der Waals surface area (Å²) in [5.74, 6) is -0.247. The number of nitrogens with one attached hydrogen (secondary N) is 1. The molecule has 1 aromatic carbocycles. The molecule has 2 aromatic rings. The minimum atomic E-state index is -0.666. The van der Waals surface area contributed by atoms with Gasteiger partial charge in [0.25, 0.3) is 0 Å². The van der Waals surface area contributed by atoms with E-state index in [4.69, 9.17) is 9.73 Å². The second-order valence-electron chi connectivity index (χ2n) is 5.52. The van der Waals surface area contributed by atoms with Crippen LogP contribution in [-0.4, -0.2) is 29.2 Å². The lowest BCUT2D eigenvalue weighted by Gasteiger charge is -2.27. The smallest absolute Gasteiger partial charge is 0.338 e. The van der Waals surface area contributed by atoms with Crippen molar-refractivity contribution in [2.24, 2.45) is 4.99 Å². The van der Waals surface area contributed by atoms with Crippen molar-refractivity contribution in [3.8, 4) is 0 Å². The maximum atomic E-state index is 14.3. The Bertz CT molecular complexity index is 881. The van der Waals surface area contributed by atoms with Crippen molar-refractivity contribution in [3.05, 3.63) is 63.0 Å². The second kappa shape index (κ2) is 8.09. The van der Waals surface area contributed by atoms with Gasteiger partial charge in [0.15, 0.2) is 10.8 Å². The molecule has 0 spiro atoms. The molecule has 0 aliphatic carbocycles. The third-order valence-electron chi connectivity index (χ3n) is 4.10. The fourth-order valence-corrected chi connectivity index (χ4v) is 3.96. The van der Waals surface area contributed by atoms with Crippen LogP contribution >= 0.6 is 27.3 Å². The van der Waals surface area contributed by atoms with E-state index in [9.17, 15) is 9.18 Å². The van der Waals surface area contributed by atoms with Crippen molar-refractivity contribution in [2.75, 3.05) is 12.4 Å². The molecule has 0 radical (unpaired) electrons. The lowest BCUT2D eigenvalue weighted by atomic mass is 9.91. The number of benzene rings is 1. The molecule has 1 unspecified atom stereocenters. The van der Waals surface area contributed by atoms with Gasteiger partial charge < -0.3 is 10.1 Å². The highest BCUT2D eigenvalue weighted by molar-refractivity contribution is 9.09. The number of hydrogen-bond donors (Lipinski definition) is 1. The molecule has 2 heterocycles. The third kappa shape index (κ3) is 3.43. The number of hydrogen-bond acceptors (Lipinski definition) is 6. The van der Waals surface area contributed by atoms with Crippen LogP contribution in [0.25, 0.3) is 0 Å². The molecule has 3 rings (SSSR count). The van der Waals surface area contributed by atoms with E-state index in [1.54, 1.807) is 18.3 Å². The van der Waals surface area contributed by atoms with Gasteiger partial charge in [-0.2, -0.15) is 0 Å². The highest BCUT2D eigenvalue weighted by Crippen LogP contribution is 2.35. The number of aliphatic imine (C=N–C) groups is 1. The first-order valence-corrected chi connectivity index (χ1v) is 10.00. The Kier molecular flexibility index (Phi) is 5.83. The van der Waals surface area contributed by atoms with Crippen LogP contribution < -0.4 is 5.32 Å². The standard InChI is InChI=1S/C18H17BrFN3O2S/c1-3-10-11(5-4-6-12(10)20)15-14(18(24)25-2)13(9-19)22-16(23-15)17-21-7-8-26-17/h4-8,15H,3,9H2,1-2H3,(H,22,23). The van der Waals surface area contributed by atoms with Crippen molar-refractivity contribution in [1.29, 1.82) is 0 Å². The molecule has 0 saturated heterocycles. The van der Waals surface area contributed by atoms with Crippen LogP contribution in [0.2, 0.25) is 0 Å². The van der Waals surface area contributed by atoms with Gasteiger partial charge in [-0.1, -0.05) is 35.0 Å². The maximum Gasteiger partial charge on any atom is 0.338 e. The van der Waals surface area contributed by atoms with Crippen LogP contribution in [0.5, 0.6) is 0 Å². The minimum absolute atomic E-state index is 0.306. The van der Waals surface area contributed by atoms with Gasteiger partial charge in [-0.25, -0.2) is 14.2 Å². The van der Waals surface area contributed by atoms with Crippen LogP contribution in [0.3, 0.4) is 0 Å². The highest BCUT2D eigenvalue weighted by Gasteiger charge is 2.33. The summed E-state index contributed by atoms with van der Waals surface area (Å²) in [6, 6.07) is 4.19. The van der Waals surface area contributed by atoms with Crippen molar-refractivity contribution in [2.45, 2.75) is 19.4 Å². The van der Waals surface area contributed by atoms with Gasteiger partial charge in [0.1, 0.15) is 11.9 Å². The summed E-state index contributed by atoms with van der Waals surface area (Å²) >= 11 is 4.85. The van der Waals surface area contributed by atoms with E-state index in [1.165, 1.54) is 24.5 Å². The van der Waals surface area contributed by atoms with Gasteiger partial charge in [0.05, 0.1) is 12.7 Å². The summed E-state index contributed by atoms with van der Waals surface area (Å²) in [6.45, 7) is 1.88. The van der Waals surface area contributed by atoms with Gasteiger partial charge in [-0.05, 0) is 23.6 Å². The van der Waals surface area contributed by atoms with Crippen LogP contribution in [-0.2, 0) is 16.0 Å². The molecule has 0 bridgehead atoms. The van der Waals surface area contributed by atoms with Crippen molar-refractivity contribution in [1.82, 2.24) is 10.3 Å². The largest absolute Gasteiger partial charge is 0.466 e. The summed E-state index contributed by atoms with van der Waals surface area (Å²) < 4.78 is 19.3. The number of methoxy groups -OCH3 is 1. The topological polar surface area (TPSA) is 63.6 Å². The number of thiazole rings is 1. The predicted octanol–water partition coefficient (Wildman–Crippen LogP) is 3.76. The Labute approximate surface area is 163 Å². The molecule has 1 aliphatic rings. The zero-order chi connectivity index (χ0) is 18.7. The van der Waals surface area contributed by atoms with Crippen LogP contribution in [0.1, 0.15) is 29.1 Å². The Morgan fingerprint density at radius 3 is 2.88 bits per heavy atom. The number of esters is 1. The first-order chi connectivity index (χ1) is 12.6. The molecule has 5 nitrogen and oxygen atoms in total. The monoisotopic (exact) mass is 437 g/mol. The van der Waals surface area contributed by atoms with Crippen molar-refractivity contribution < 1.29 is 13.9 Å². The molecule has 0 fully saturated rings. The zero-order valence-corrected chi connectivity index (χ0v) is 16.7. The number of allylic oxidation sites excluding steroid dienone is 1. The summed E-state index contributed by atoms with van der Waals surface area (Å²) in [7, 11) is 1.32. The Hall–Kier alpha value is -2.06. The van der Waals surface area contributed by atoms with Gasteiger partial charge in [-0.15, -0.1) is 11.3 Å². The number of carbonyl (C=O) groups is 1. The average molecular weight is 438 g/mol. The fraction of sp³-hybridized carbons (Fsp3) is 0.278. The average Bonchev–Trinajstić information content (AvgIpc) is 3.20. The Morgan fingerprint density at radius 1 is 1.46 bits per heavy atom. The highest BCUT2D eigenvalue weighted by atomic mass is 79.9. The number of carbonyl (C=O) groups excluding carboxylic acids is 1. The van der Waals surface area contributed by atoms with E-state index in [-0.39, 0.29) is 5.82 Å². The Morgan fingerprint density at radius 2 is 2.27 bits per heavy atom. The number of rotatable bonds is 5. The zero-order valence-electron chi connectivity index (χ0n) is 14.3. The van der Waals surface area contributed by atoms with Crippen molar-refractivity contribution in [3.63, 3.8) is 0 Å². The minimum Gasteiger partial charge on any atom is -0.466 e. The molecule has 8 heteroatoms. The summed E-state index contributed by atoms with van der Waals surface area (Å²) in [5.41, 5.74) is 2.19. The van der Waals surface area contributed by atoms with E-state index < -0.39 is 12.0 Å².